The summed E-state index contributed by atoms with van der Waals surface area (Å²) in [6.45, 7) is 4.10. The molecule has 0 bridgehead atoms. The van der Waals surface area contributed by atoms with Crippen molar-refractivity contribution in [3.8, 4) is 11.5 Å². The third kappa shape index (κ3) is 4.44. The Morgan fingerprint density at radius 3 is 2.90 bits per heavy atom. The summed E-state index contributed by atoms with van der Waals surface area (Å²) in [5.41, 5.74) is 8.63. The Bertz CT molecular complexity index is 1080. The van der Waals surface area contributed by atoms with Gasteiger partial charge in [-0.05, 0) is 30.7 Å². The van der Waals surface area contributed by atoms with E-state index >= 15 is 0 Å². The molecule has 0 spiro atoms. The van der Waals surface area contributed by atoms with Crippen molar-refractivity contribution in [2.45, 2.75) is 32.4 Å². The smallest absolute Gasteiger partial charge is 0.253 e. The summed E-state index contributed by atoms with van der Waals surface area (Å²) in [4.78, 5) is 17.9. The number of anilines is 1. The van der Waals surface area contributed by atoms with Crippen LogP contribution in [0.2, 0.25) is 0 Å². The Labute approximate surface area is 181 Å². The fourth-order valence-corrected chi connectivity index (χ4v) is 3.85. The van der Waals surface area contributed by atoms with Crippen molar-refractivity contribution in [1.29, 1.82) is 0 Å². The number of nitrogen functional groups attached to an aromatic ring is 1. The normalized spacial score (nSPS) is 15.2. The van der Waals surface area contributed by atoms with Gasteiger partial charge in [-0.15, -0.1) is 0 Å². The summed E-state index contributed by atoms with van der Waals surface area (Å²) in [6.07, 6.45) is 1.32. The van der Waals surface area contributed by atoms with Gasteiger partial charge >= 0.3 is 0 Å². The van der Waals surface area contributed by atoms with Crippen LogP contribution in [0.15, 0.2) is 36.4 Å². The molecule has 8 heteroatoms. The molecule has 3 N–H and O–H groups in total. The molecule has 1 aliphatic rings. The first-order chi connectivity index (χ1) is 15.1. The molecule has 0 radical (unpaired) electrons. The number of fused-ring (bicyclic) bond motifs is 2. The van der Waals surface area contributed by atoms with Crippen molar-refractivity contribution >= 4 is 22.6 Å². The van der Waals surface area contributed by atoms with Crippen LogP contribution in [0.5, 0.6) is 11.5 Å². The fourth-order valence-electron chi connectivity index (χ4n) is 3.85. The number of para-hydroxylation sites is 2. The number of imidazole rings is 1. The number of hydrogen-bond donors (Lipinski definition) is 2. The van der Waals surface area contributed by atoms with Crippen LogP contribution in [-0.4, -0.2) is 48.4 Å². The highest BCUT2D eigenvalue weighted by atomic mass is 16.6. The summed E-state index contributed by atoms with van der Waals surface area (Å²) in [5, 5.41) is 2.98. The van der Waals surface area contributed by atoms with Gasteiger partial charge in [0.15, 0.2) is 11.5 Å². The van der Waals surface area contributed by atoms with Gasteiger partial charge in [0.05, 0.1) is 23.1 Å². The molecule has 8 nitrogen and oxygen atoms in total. The van der Waals surface area contributed by atoms with Crippen molar-refractivity contribution in [1.82, 2.24) is 14.9 Å². The van der Waals surface area contributed by atoms with Crippen molar-refractivity contribution in [2.75, 3.05) is 32.6 Å². The monoisotopic (exact) mass is 424 g/mol. The third-order valence-corrected chi connectivity index (χ3v) is 5.29. The fraction of sp³-hybridized carbons (Fsp3) is 0.391. The minimum atomic E-state index is -0.270. The van der Waals surface area contributed by atoms with E-state index in [0.717, 1.165) is 35.4 Å². The molecule has 0 fully saturated rings. The van der Waals surface area contributed by atoms with E-state index in [9.17, 15) is 4.79 Å². The number of nitrogens with zero attached hydrogens (tertiary/aromatic N) is 2. The highest BCUT2D eigenvalue weighted by Gasteiger charge is 2.23. The number of benzene rings is 2. The van der Waals surface area contributed by atoms with Gasteiger partial charge in [0.2, 0.25) is 0 Å². The van der Waals surface area contributed by atoms with E-state index < -0.39 is 0 Å². The van der Waals surface area contributed by atoms with E-state index in [1.54, 1.807) is 13.2 Å². The van der Waals surface area contributed by atoms with Crippen LogP contribution in [0.25, 0.3) is 11.0 Å². The molecule has 0 saturated heterocycles. The maximum atomic E-state index is 13.2. The van der Waals surface area contributed by atoms with Crippen LogP contribution in [-0.2, 0) is 17.7 Å². The van der Waals surface area contributed by atoms with Gasteiger partial charge < -0.3 is 29.8 Å². The molecule has 164 valence electrons. The predicted octanol–water partition coefficient (Wildman–Crippen LogP) is 2.79. The lowest BCUT2D eigenvalue weighted by atomic mass is 10.1. The van der Waals surface area contributed by atoms with Crippen molar-refractivity contribution in [2.24, 2.45) is 0 Å². The molecule has 1 amide bonds. The number of carbonyl (C=O) groups excluding carboxylic acids is 1. The topological polar surface area (TPSA) is 101 Å². The number of carbonyl (C=O) groups is 1. The molecule has 0 saturated carbocycles. The molecule has 3 aromatic rings. The van der Waals surface area contributed by atoms with Gasteiger partial charge in [-0.3, -0.25) is 4.79 Å². The average molecular weight is 425 g/mol. The summed E-state index contributed by atoms with van der Waals surface area (Å²) < 4.78 is 19.0. The van der Waals surface area contributed by atoms with E-state index in [1.807, 2.05) is 30.3 Å². The SMILES string of the molecule is CCc1nc2cc(N)cc(C(=O)NC[C@H]3COc4ccccc4O3)c2n1CCCOC. The highest BCUT2D eigenvalue weighted by Crippen LogP contribution is 2.31. The first-order valence-electron chi connectivity index (χ1n) is 10.5. The van der Waals surface area contributed by atoms with Gasteiger partial charge in [0.25, 0.3) is 5.91 Å². The van der Waals surface area contributed by atoms with Crippen molar-refractivity contribution in [3.63, 3.8) is 0 Å². The molecule has 1 aromatic heterocycles. The van der Waals surface area contributed by atoms with Crippen LogP contribution in [0.4, 0.5) is 5.69 Å². The number of methoxy groups -OCH3 is 1. The minimum absolute atomic E-state index is 0.213. The molecule has 0 unspecified atom stereocenters. The first-order valence-corrected chi connectivity index (χ1v) is 10.5. The zero-order valence-corrected chi connectivity index (χ0v) is 17.9. The van der Waals surface area contributed by atoms with E-state index in [1.165, 1.54) is 0 Å². The lowest BCUT2D eigenvalue weighted by molar-refractivity contribution is 0.0790. The number of rotatable bonds is 8. The quantitative estimate of drug-likeness (QED) is 0.426. The zero-order valence-electron chi connectivity index (χ0n) is 17.9. The van der Waals surface area contributed by atoms with Crippen LogP contribution in [0.1, 0.15) is 29.5 Å². The number of ether oxygens (including phenoxy) is 3. The largest absolute Gasteiger partial charge is 0.486 e. The van der Waals surface area contributed by atoms with Gasteiger partial charge in [0, 0.05) is 32.4 Å². The van der Waals surface area contributed by atoms with Crippen LogP contribution < -0.4 is 20.5 Å². The van der Waals surface area contributed by atoms with E-state index in [4.69, 9.17) is 24.9 Å². The molecule has 0 aliphatic carbocycles. The summed E-state index contributed by atoms with van der Waals surface area (Å²) in [7, 11) is 1.68. The maximum Gasteiger partial charge on any atom is 0.253 e. The Kier molecular flexibility index (Phi) is 6.27. The second kappa shape index (κ2) is 9.26. The van der Waals surface area contributed by atoms with Crippen molar-refractivity contribution in [3.05, 3.63) is 47.8 Å². The molecular formula is C23H28N4O4. The lowest BCUT2D eigenvalue weighted by Gasteiger charge is -2.26. The zero-order chi connectivity index (χ0) is 21.8. The van der Waals surface area contributed by atoms with E-state index in [2.05, 4.69) is 16.8 Å². The number of hydrogen-bond acceptors (Lipinski definition) is 6. The van der Waals surface area contributed by atoms with Gasteiger partial charge in [-0.2, -0.15) is 0 Å². The van der Waals surface area contributed by atoms with Crippen molar-refractivity contribution < 1.29 is 19.0 Å². The van der Waals surface area contributed by atoms with Crippen LogP contribution >= 0.6 is 0 Å². The predicted molar refractivity (Wildman–Crippen MR) is 119 cm³/mol. The Balaban J connectivity index is 1.55. The molecule has 31 heavy (non-hydrogen) atoms. The molecule has 2 heterocycles. The second-order valence-electron chi connectivity index (χ2n) is 7.52. The van der Waals surface area contributed by atoms with Gasteiger partial charge in [-0.25, -0.2) is 4.98 Å². The van der Waals surface area contributed by atoms with Gasteiger partial charge in [0.1, 0.15) is 18.5 Å². The maximum absolute atomic E-state index is 13.2. The average Bonchev–Trinajstić information content (AvgIpc) is 3.14. The first kappa shape index (κ1) is 21.0. The number of nitrogens with two attached hydrogens (primary N) is 1. The number of nitrogens with one attached hydrogen (secondary N) is 1. The third-order valence-electron chi connectivity index (χ3n) is 5.29. The second-order valence-corrected chi connectivity index (χ2v) is 7.52. The number of aryl methyl sites for hydroxylation is 2. The number of amides is 1. The Morgan fingerprint density at radius 1 is 1.32 bits per heavy atom. The molecule has 1 aliphatic heterocycles. The van der Waals surface area contributed by atoms with Gasteiger partial charge in [-0.1, -0.05) is 19.1 Å². The van der Waals surface area contributed by atoms with Crippen LogP contribution in [0, 0.1) is 0 Å². The Hall–Kier alpha value is -3.26. The van der Waals surface area contributed by atoms with E-state index in [0.29, 0.717) is 43.3 Å². The summed E-state index contributed by atoms with van der Waals surface area (Å²) in [5.74, 6) is 2.11. The standard InChI is InChI=1S/C23H28N4O4/c1-3-21-26-18-12-15(24)11-17(22(18)27(21)9-6-10-29-2)23(28)25-13-16-14-30-19-7-4-5-8-20(19)31-16/h4-5,7-8,11-12,16H,3,6,9-10,13-14,24H2,1-2H3,(H,25,28)/t16-/m0/s1. The van der Waals surface area contributed by atoms with E-state index in [-0.39, 0.29) is 12.0 Å². The summed E-state index contributed by atoms with van der Waals surface area (Å²) >= 11 is 0. The molecular weight excluding hydrogens is 396 g/mol. The lowest BCUT2D eigenvalue weighted by Crippen LogP contribution is -2.40. The minimum Gasteiger partial charge on any atom is -0.486 e. The Morgan fingerprint density at radius 2 is 2.13 bits per heavy atom. The molecule has 2 aromatic carbocycles. The molecule has 1 atom stereocenters. The number of aromatic nitrogens is 2. The highest BCUT2D eigenvalue weighted by molar-refractivity contribution is 6.06. The summed E-state index contributed by atoms with van der Waals surface area (Å²) in [6, 6.07) is 11.0. The van der Waals surface area contributed by atoms with Crippen LogP contribution in [0.3, 0.4) is 0 Å². The molecule has 4 rings (SSSR count).